The summed E-state index contributed by atoms with van der Waals surface area (Å²) in [6.45, 7) is 4.22. The molecule has 23 heavy (non-hydrogen) atoms. The Morgan fingerprint density at radius 1 is 1.09 bits per heavy atom. The van der Waals surface area contributed by atoms with Crippen LogP contribution in [0.1, 0.15) is 31.9 Å². The van der Waals surface area contributed by atoms with Crippen LogP contribution in [0.2, 0.25) is 0 Å². The van der Waals surface area contributed by atoms with Gasteiger partial charge in [-0.3, -0.25) is 4.98 Å². The maximum absolute atomic E-state index is 6.07. The van der Waals surface area contributed by atoms with E-state index in [1.54, 1.807) is 12.4 Å². The number of rotatable bonds is 2. The van der Waals surface area contributed by atoms with Gasteiger partial charge in [-0.05, 0) is 32.0 Å². The van der Waals surface area contributed by atoms with Gasteiger partial charge >= 0.3 is 0 Å². The van der Waals surface area contributed by atoms with E-state index in [1.165, 1.54) is 0 Å². The highest BCUT2D eigenvalue weighted by Gasteiger charge is 2.33. The van der Waals surface area contributed by atoms with E-state index in [0.717, 1.165) is 29.1 Å². The Balaban J connectivity index is 1.69. The molecule has 0 saturated carbocycles. The van der Waals surface area contributed by atoms with Crippen molar-refractivity contribution in [2.24, 2.45) is 0 Å². The second-order valence-electron chi connectivity index (χ2n) is 6.40. The molecule has 3 heterocycles. The molecule has 0 amide bonds. The van der Waals surface area contributed by atoms with Crippen molar-refractivity contribution in [3.63, 3.8) is 0 Å². The Morgan fingerprint density at radius 3 is 2.83 bits per heavy atom. The van der Waals surface area contributed by atoms with Gasteiger partial charge in [-0.15, -0.1) is 0 Å². The van der Waals surface area contributed by atoms with Crippen molar-refractivity contribution in [3.8, 4) is 5.75 Å². The minimum Gasteiger partial charge on any atom is -0.487 e. The molecule has 0 radical (unpaired) electrons. The second-order valence-corrected chi connectivity index (χ2v) is 6.40. The van der Waals surface area contributed by atoms with Gasteiger partial charge in [0.2, 0.25) is 0 Å². The molecule has 0 bridgehead atoms. The Hall–Kier alpha value is -2.69. The van der Waals surface area contributed by atoms with Crippen LogP contribution < -0.4 is 10.1 Å². The van der Waals surface area contributed by atoms with Crippen molar-refractivity contribution in [3.05, 3.63) is 54.4 Å². The molecule has 1 aromatic carbocycles. The number of aromatic nitrogens is 3. The van der Waals surface area contributed by atoms with Gasteiger partial charge in [-0.1, -0.05) is 18.2 Å². The summed E-state index contributed by atoms with van der Waals surface area (Å²) in [6.07, 6.45) is 4.20. The number of fused-ring (bicyclic) bond motifs is 2. The summed E-state index contributed by atoms with van der Waals surface area (Å²) in [7, 11) is 0. The molecule has 2 aromatic heterocycles. The Kier molecular flexibility index (Phi) is 3.15. The van der Waals surface area contributed by atoms with Gasteiger partial charge in [0, 0.05) is 24.4 Å². The Labute approximate surface area is 134 Å². The van der Waals surface area contributed by atoms with Gasteiger partial charge in [0.05, 0.1) is 6.04 Å². The minimum absolute atomic E-state index is 0.150. The highest BCUT2D eigenvalue weighted by atomic mass is 16.5. The maximum Gasteiger partial charge on any atom is 0.180 e. The molecule has 0 saturated heterocycles. The summed E-state index contributed by atoms with van der Waals surface area (Å²) in [6, 6.07) is 12.2. The molecule has 4 rings (SSSR count). The van der Waals surface area contributed by atoms with E-state index in [2.05, 4.69) is 40.2 Å². The van der Waals surface area contributed by atoms with Crippen molar-refractivity contribution >= 4 is 17.0 Å². The molecular formula is C18H18N4O. The van der Waals surface area contributed by atoms with E-state index < -0.39 is 0 Å². The SMILES string of the molecule is CC1(C)CC(Nc2ccc3nccnc3n2)c2ccccc2O1. The van der Waals surface area contributed by atoms with Crippen LogP contribution >= 0.6 is 0 Å². The molecule has 5 heteroatoms. The predicted octanol–water partition coefficient (Wildman–Crippen LogP) is 3.74. The van der Waals surface area contributed by atoms with Crippen molar-refractivity contribution in [1.82, 2.24) is 15.0 Å². The zero-order valence-electron chi connectivity index (χ0n) is 13.2. The molecule has 116 valence electrons. The largest absolute Gasteiger partial charge is 0.487 e. The van der Waals surface area contributed by atoms with Crippen LogP contribution in [0.15, 0.2) is 48.8 Å². The van der Waals surface area contributed by atoms with Crippen LogP contribution in [0.4, 0.5) is 5.82 Å². The van der Waals surface area contributed by atoms with Crippen molar-refractivity contribution in [2.75, 3.05) is 5.32 Å². The van der Waals surface area contributed by atoms with Crippen molar-refractivity contribution in [2.45, 2.75) is 31.9 Å². The zero-order chi connectivity index (χ0) is 15.9. The number of hydrogen-bond donors (Lipinski definition) is 1. The number of nitrogens with zero attached hydrogens (tertiary/aromatic N) is 3. The number of benzene rings is 1. The molecule has 5 nitrogen and oxygen atoms in total. The van der Waals surface area contributed by atoms with Crippen molar-refractivity contribution < 1.29 is 4.74 Å². The number of hydrogen-bond acceptors (Lipinski definition) is 5. The van der Waals surface area contributed by atoms with Gasteiger partial charge in [0.25, 0.3) is 0 Å². The first-order valence-electron chi connectivity index (χ1n) is 7.73. The quantitative estimate of drug-likeness (QED) is 0.781. The Bertz CT molecular complexity index is 862. The fourth-order valence-electron chi connectivity index (χ4n) is 3.04. The summed E-state index contributed by atoms with van der Waals surface area (Å²) in [5.41, 5.74) is 2.39. The molecule has 1 atom stereocenters. The average molecular weight is 306 g/mol. The lowest BCUT2D eigenvalue weighted by Gasteiger charge is -2.38. The van der Waals surface area contributed by atoms with E-state index in [0.29, 0.717) is 5.65 Å². The molecule has 0 fully saturated rings. The topological polar surface area (TPSA) is 59.9 Å². The van der Waals surface area contributed by atoms with Crippen LogP contribution in [-0.2, 0) is 0 Å². The number of anilines is 1. The third kappa shape index (κ3) is 2.70. The summed E-state index contributed by atoms with van der Waals surface area (Å²) in [4.78, 5) is 13.1. The van der Waals surface area contributed by atoms with Crippen LogP contribution in [0.3, 0.4) is 0 Å². The molecule has 0 spiro atoms. The van der Waals surface area contributed by atoms with Gasteiger partial charge in [0.15, 0.2) is 5.65 Å². The highest BCUT2D eigenvalue weighted by Crippen LogP contribution is 2.40. The third-order valence-electron chi connectivity index (χ3n) is 4.03. The number of pyridine rings is 1. The molecule has 1 aliphatic rings. The second kappa shape index (κ2) is 5.19. The van der Waals surface area contributed by atoms with E-state index in [4.69, 9.17) is 4.74 Å². The number of nitrogens with one attached hydrogen (secondary N) is 1. The fourth-order valence-corrected chi connectivity index (χ4v) is 3.04. The molecule has 1 aliphatic heterocycles. The number of para-hydroxylation sites is 1. The van der Waals surface area contributed by atoms with E-state index in [1.807, 2.05) is 30.3 Å². The summed E-state index contributed by atoms with van der Waals surface area (Å²) < 4.78 is 6.07. The molecule has 3 aromatic rings. The lowest BCUT2D eigenvalue weighted by atomic mass is 9.90. The monoisotopic (exact) mass is 306 g/mol. The lowest BCUT2D eigenvalue weighted by Crippen LogP contribution is -2.37. The fraction of sp³-hybridized carbons (Fsp3) is 0.278. The van der Waals surface area contributed by atoms with Crippen LogP contribution in [-0.4, -0.2) is 20.6 Å². The molecule has 1 unspecified atom stereocenters. The lowest BCUT2D eigenvalue weighted by molar-refractivity contribution is 0.0758. The molecule has 0 aliphatic carbocycles. The van der Waals surface area contributed by atoms with Gasteiger partial charge in [-0.25, -0.2) is 9.97 Å². The van der Waals surface area contributed by atoms with E-state index >= 15 is 0 Å². The van der Waals surface area contributed by atoms with E-state index in [9.17, 15) is 0 Å². The first kappa shape index (κ1) is 13.9. The minimum atomic E-state index is -0.220. The van der Waals surface area contributed by atoms with Gasteiger partial charge in [0.1, 0.15) is 22.7 Å². The van der Waals surface area contributed by atoms with Crippen LogP contribution in [0.5, 0.6) is 5.75 Å². The Morgan fingerprint density at radius 2 is 1.91 bits per heavy atom. The van der Waals surface area contributed by atoms with Gasteiger partial charge < -0.3 is 10.1 Å². The number of ether oxygens (including phenoxy) is 1. The smallest absolute Gasteiger partial charge is 0.180 e. The zero-order valence-corrected chi connectivity index (χ0v) is 13.2. The van der Waals surface area contributed by atoms with Crippen molar-refractivity contribution in [1.29, 1.82) is 0 Å². The molecular weight excluding hydrogens is 288 g/mol. The molecule has 1 N–H and O–H groups in total. The first-order chi connectivity index (χ1) is 11.1. The summed E-state index contributed by atoms with van der Waals surface area (Å²) >= 11 is 0. The maximum atomic E-state index is 6.07. The predicted molar refractivity (Wildman–Crippen MR) is 89.5 cm³/mol. The standard InChI is InChI=1S/C18H18N4O/c1-18(2)11-14(12-5-3-4-6-15(12)23-18)21-16-8-7-13-17(22-16)20-10-9-19-13/h3-10,14H,11H2,1-2H3,(H,20,21,22). The average Bonchev–Trinajstić information content (AvgIpc) is 2.54. The van der Waals surface area contributed by atoms with Crippen LogP contribution in [0, 0.1) is 0 Å². The van der Waals surface area contributed by atoms with Gasteiger partial charge in [-0.2, -0.15) is 0 Å². The highest BCUT2D eigenvalue weighted by molar-refractivity contribution is 5.71. The third-order valence-corrected chi connectivity index (χ3v) is 4.03. The summed E-state index contributed by atoms with van der Waals surface area (Å²) in [5, 5.41) is 3.53. The van der Waals surface area contributed by atoms with E-state index in [-0.39, 0.29) is 11.6 Å². The first-order valence-corrected chi connectivity index (χ1v) is 7.73. The van der Waals surface area contributed by atoms with Crippen LogP contribution in [0.25, 0.3) is 11.2 Å². The normalized spacial score (nSPS) is 19.0. The summed E-state index contributed by atoms with van der Waals surface area (Å²) in [5.74, 6) is 1.73.